The monoisotopic (exact) mass is 430 g/mol. The molecule has 0 atom stereocenters. The molecule has 0 bridgehead atoms. The summed E-state index contributed by atoms with van der Waals surface area (Å²) < 4.78 is 11.0. The van der Waals surface area contributed by atoms with Crippen molar-refractivity contribution in [3.8, 4) is 22.8 Å². The number of rotatable bonds is 7. The molecule has 2 aromatic heterocycles. The van der Waals surface area contributed by atoms with Crippen molar-refractivity contribution in [3.05, 3.63) is 34.6 Å². The molecular formula is C21H23ClN4O2S. The number of aromatic nitrogens is 3. The van der Waals surface area contributed by atoms with E-state index in [-0.39, 0.29) is 0 Å². The Morgan fingerprint density at radius 1 is 1.17 bits per heavy atom. The quantitative estimate of drug-likeness (QED) is 0.432. The lowest BCUT2D eigenvalue weighted by molar-refractivity contribution is 0.393. The number of methoxy groups -OCH3 is 2. The van der Waals surface area contributed by atoms with E-state index < -0.39 is 0 Å². The van der Waals surface area contributed by atoms with Crippen molar-refractivity contribution in [2.75, 3.05) is 20.5 Å². The van der Waals surface area contributed by atoms with E-state index in [1.165, 1.54) is 24.6 Å². The molecule has 8 heteroatoms. The van der Waals surface area contributed by atoms with Gasteiger partial charge in [0.1, 0.15) is 11.5 Å². The Hall–Kier alpha value is -2.09. The normalized spacial score (nSPS) is 13.7. The standard InChI is InChI=1S/C21H23ClN4O2S/c1-11-16(27-2)8-17(28-3)19(22)18(11)14-7-12-9-24-21(29-4)26-20(12)15(25-14)10-23-13-5-6-13/h7-9,13,23H,5-6,10H2,1-4H3. The van der Waals surface area contributed by atoms with Crippen LogP contribution in [0.4, 0.5) is 0 Å². The van der Waals surface area contributed by atoms with Gasteiger partial charge in [0.05, 0.1) is 36.1 Å². The molecule has 1 aromatic carbocycles. The van der Waals surface area contributed by atoms with Gasteiger partial charge in [0, 0.05) is 41.4 Å². The van der Waals surface area contributed by atoms with Gasteiger partial charge in [-0.3, -0.25) is 0 Å². The van der Waals surface area contributed by atoms with E-state index in [9.17, 15) is 0 Å². The van der Waals surface area contributed by atoms with Gasteiger partial charge >= 0.3 is 0 Å². The lowest BCUT2D eigenvalue weighted by atomic mass is 10.0. The summed E-state index contributed by atoms with van der Waals surface area (Å²) in [6, 6.07) is 4.35. The number of pyridine rings is 1. The third-order valence-corrected chi connectivity index (χ3v) is 6.01. The second kappa shape index (κ2) is 8.34. The zero-order valence-corrected chi connectivity index (χ0v) is 18.4. The van der Waals surface area contributed by atoms with E-state index in [1.54, 1.807) is 20.3 Å². The molecule has 0 aliphatic heterocycles. The first kappa shape index (κ1) is 20.2. The van der Waals surface area contributed by atoms with Crippen molar-refractivity contribution in [1.29, 1.82) is 0 Å². The van der Waals surface area contributed by atoms with Crippen molar-refractivity contribution in [2.45, 2.75) is 37.5 Å². The fourth-order valence-electron chi connectivity index (χ4n) is 3.33. The Bertz CT molecular complexity index is 1040. The van der Waals surface area contributed by atoms with Crippen LogP contribution in [0.15, 0.2) is 23.5 Å². The summed E-state index contributed by atoms with van der Waals surface area (Å²) >= 11 is 8.22. The van der Waals surface area contributed by atoms with Gasteiger partial charge in [0.2, 0.25) is 0 Å². The molecule has 2 heterocycles. The van der Waals surface area contributed by atoms with E-state index >= 15 is 0 Å². The van der Waals surface area contributed by atoms with E-state index in [0.717, 1.165) is 38.6 Å². The molecule has 0 saturated heterocycles. The summed E-state index contributed by atoms with van der Waals surface area (Å²) in [4.78, 5) is 14.1. The molecule has 0 amide bonds. The van der Waals surface area contributed by atoms with Crippen molar-refractivity contribution in [1.82, 2.24) is 20.3 Å². The third-order valence-electron chi connectivity index (χ3n) is 5.07. The van der Waals surface area contributed by atoms with Gasteiger partial charge in [0.15, 0.2) is 5.16 Å². The molecule has 1 aliphatic carbocycles. The van der Waals surface area contributed by atoms with Crippen LogP contribution >= 0.6 is 23.4 Å². The Labute approximate surface area is 179 Å². The number of ether oxygens (including phenoxy) is 2. The maximum atomic E-state index is 6.70. The summed E-state index contributed by atoms with van der Waals surface area (Å²) in [5.74, 6) is 1.26. The second-order valence-electron chi connectivity index (χ2n) is 7.00. The smallest absolute Gasteiger partial charge is 0.187 e. The van der Waals surface area contributed by atoms with Crippen molar-refractivity contribution in [3.63, 3.8) is 0 Å². The van der Waals surface area contributed by atoms with E-state index in [4.69, 9.17) is 31.0 Å². The Balaban J connectivity index is 1.92. The van der Waals surface area contributed by atoms with Crippen LogP contribution in [0.2, 0.25) is 5.02 Å². The maximum Gasteiger partial charge on any atom is 0.187 e. The summed E-state index contributed by atoms with van der Waals surface area (Å²) in [7, 11) is 3.23. The first-order chi connectivity index (χ1) is 14.0. The molecule has 0 spiro atoms. The molecular weight excluding hydrogens is 408 g/mol. The molecule has 1 N–H and O–H groups in total. The van der Waals surface area contributed by atoms with Gasteiger partial charge in [-0.1, -0.05) is 23.4 Å². The lowest BCUT2D eigenvalue weighted by Crippen LogP contribution is -2.17. The second-order valence-corrected chi connectivity index (χ2v) is 8.15. The molecule has 6 nitrogen and oxygen atoms in total. The molecule has 152 valence electrons. The van der Waals surface area contributed by atoms with E-state index in [0.29, 0.717) is 29.1 Å². The first-order valence-electron chi connectivity index (χ1n) is 9.41. The van der Waals surface area contributed by atoms with Crippen LogP contribution in [0.5, 0.6) is 11.5 Å². The van der Waals surface area contributed by atoms with Crippen molar-refractivity contribution >= 4 is 34.3 Å². The van der Waals surface area contributed by atoms with Crippen LogP contribution in [0, 0.1) is 6.92 Å². The van der Waals surface area contributed by atoms with Gasteiger partial charge in [-0.25, -0.2) is 15.0 Å². The number of nitrogens with zero attached hydrogens (tertiary/aromatic N) is 3. The first-order valence-corrected chi connectivity index (χ1v) is 11.0. The highest BCUT2D eigenvalue weighted by atomic mass is 35.5. The zero-order valence-electron chi connectivity index (χ0n) is 16.9. The zero-order chi connectivity index (χ0) is 20.5. The summed E-state index contributed by atoms with van der Waals surface area (Å²) in [5.41, 5.74) is 4.22. The van der Waals surface area contributed by atoms with Crippen molar-refractivity contribution in [2.24, 2.45) is 0 Å². The minimum Gasteiger partial charge on any atom is -0.496 e. The SMILES string of the molecule is COc1cc(OC)c(Cl)c(-c2cc3cnc(SC)nc3c(CNC3CC3)n2)c1C. The van der Waals surface area contributed by atoms with Gasteiger partial charge in [-0.2, -0.15) is 0 Å². The molecule has 0 radical (unpaired) electrons. The minimum atomic E-state index is 0.514. The highest BCUT2D eigenvalue weighted by Gasteiger charge is 2.23. The Morgan fingerprint density at radius 2 is 1.93 bits per heavy atom. The molecule has 4 rings (SSSR count). The van der Waals surface area contributed by atoms with E-state index in [2.05, 4.69) is 10.3 Å². The Morgan fingerprint density at radius 3 is 2.59 bits per heavy atom. The molecule has 1 saturated carbocycles. The largest absolute Gasteiger partial charge is 0.496 e. The van der Waals surface area contributed by atoms with Crippen LogP contribution in [0.3, 0.4) is 0 Å². The maximum absolute atomic E-state index is 6.70. The number of fused-ring (bicyclic) bond motifs is 1. The van der Waals surface area contributed by atoms with Crippen LogP contribution < -0.4 is 14.8 Å². The van der Waals surface area contributed by atoms with Gasteiger partial charge in [-0.05, 0) is 32.1 Å². The number of benzene rings is 1. The minimum absolute atomic E-state index is 0.514. The number of hydrogen-bond acceptors (Lipinski definition) is 7. The third kappa shape index (κ3) is 3.99. The Kier molecular flexibility index (Phi) is 5.81. The fraction of sp³-hybridized carbons (Fsp3) is 0.381. The average Bonchev–Trinajstić information content (AvgIpc) is 3.56. The van der Waals surface area contributed by atoms with Crippen LogP contribution in [-0.4, -0.2) is 41.5 Å². The molecule has 29 heavy (non-hydrogen) atoms. The summed E-state index contributed by atoms with van der Waals surface area (Å²) in [5, 5.41) is 5.72. The van der Waals surface area contributed by atoms with Gasteiger partial charge in [0.25, 0.3) is 0 Å². The number of thioether (sulfide) groups is 1. The van der Waals surface area contributed by atoms with Crippen LogP contribution in [0.25, 0.3) is 22.2 Å². The number of halogens is 1. The molecule has 1 fully saturated rings. The van der Waals surface area contributed by atoms with E-state index in [1.807, 2.05) is 25.4 Å². The number of nitrogens with one attached hydrogen (secondary N) is 1. The summed E-state index contributed by atoms with van der Waals surface area (Å²) in [6.07, 6.45) is 6.23. The lowest BCUT2D eigenvalue weighted by Gasteiger charge is -2.17. The van der Waals surface area contributed by atoms with Crippen LogP contribution in [-0.2, 0) is 6.54 Å². The predicted octanol–water partition coefficient (Wildman–Crippen LogP) is 4.64. The number of hydrogen-bond donors (Lipinski definition) is 1. The van der Waals surface area contributed by atoms with Crippen molar-refractivity contribution < 1.29 is 9.47 Å². The molecule has 0 unspecified atom stereocenters. The van der Waals surface area contributed by atoms with Crippen LogP contribution in [0.1, 0.15) is 24.1 Å². The highest BCUT2D eigenvalue weighted by Crippen LogP contribution is 2.42. The van der Waals surface area contributed by atoms with Gasteiger partial charge in [-0.15, -0.1) is 0 Å². The summed E-state index contributed by atoms with van der Waals surface area (Å²) in [6.45, 7) is 2.62. The highest BCUT2D eigenvalue weighted by molar-refractivity contribution is 7.98. The fourth-order valence-corrected chi connectivity index (χ4v) is 4.05. The molecule has 3 aromatic rings. The molecule has 1 aliphatic rings. The average molecular weight is 431 g/mol. The predicted molar refractivity (Wildman–Crippen MR) is 117 cm³/mol. The topological polar surface area (TPSA) is 69.2 Å². The van der Waals surface area contributed by atoms with Gasteiger partial charge < -0.3 is 14.8 Å².